The van der Waals surface area contributed by atoms with Crippen molar-refractivity contribution in [2.24, 2.45) is 0 Å². The number of rotatable bonds is 0. The molecule has 148 valence electrons. The zero-order valence-electron chi connectivity index (χ0n) is 17.3. The third-order valence-corrected chi connectivity index (χ3v) is 8.64. The number of thiophene rings is 1. The van der Waals surface area contributed by atoms with Crippen molar-refractivity contribution < 1.29 is 0 Å². The SMILES string of the molecule is c1ccc2c(c1)-c1ccccc1C21c2ccccc2-c2c1ccc1sc3ccccc3c21. The number of fused-ring (bicyclic) bond motifs is 14. The van der Waals surface area contributed by atoms with Crippen LogP contribution in [0.25, 0.3) is 42.4 Å². The highest BCUT2D eigenvalue weighted by Gasteiger charge is 2.51. The summed E-state index contributed by atoms with van der Waals surface area (Å²) in [5.74, 6) is 0. The van der Waals surface area contributed by atoms with Crippen LogP contribution in [-0.4, -0.2) is 0 Å². The van der Waals surface area contributed by atoms with Crippen LogP contribution in [0.5, 0.6) is 0 Å². The molecule has 0 saturated heterocycles. The van der Waals surface area contributed by atoms with Gasteiger partial charge in [0.2, 0.25) is 0 Å². The average Bonchev–Trinajstić information content (AvgIpc) is 3.48. The highest BCUT2D eigenvalue weighted by Crippen LogP contribution is 2.64. The molecule has 2 aliphatic rings. The molecule has 0 N–H and O–H groups in total. The third-order valence-electron chi connectivity index (χ3n) is 7.50. The van der Waals surface area contributed by atoms with Crippen molar-refractivity contribution in [2.45, 2.75) is 5.41 Å². The van der Waals surface area contributed by atoms with Gasteiger partial charge >= 0.3 is 0 Å². The first-order valence-corrected chi connectivity index (χ1v) is 11.9. The van der Waals surface area contributed by atoms with Crippen molar-refractivity contribution in [1.29, 1.82) is 0 Å². The highest BCUT2D eigenvalue weighted by molar-refractivity contribution is 7.25. The van der Waals surface area contributed by atoms with Gasteiger partial charge in [-0.1, -0.05) is 97.1 Å². The van der Waals surface area contributed by atoms with Crippen LogP contribution >= 0.6 is 11.3 Å². The summed E-state index contributed by atoms with van der Waals surface area (Å²) in [6, 6.07) is 40.7. The number of hydrogen-bond acceptors (Lipinski definition) is 1. The maximum Gasteiger partial charge on any atom is 0.0725 e. The lowest BCUT2D eigenvalue weighted by atomic mass is 9.70. The second-order valence-electron chi connectivity index (χ2n) is 8.85. The van der Waals surface area contributed by atoms with Crippen LogP contribution in [0.15, 0.2) is 109 Å². The van der Waals surface area contributed by atoms with Crippen molar-refractivity contribution in [2.75, 3.05) is 0 Å². The van der Waals surface area contributed by atoms with Crippen LogP contribution in [-0.2, 0) is 5.41 Å². The second-order valence-corrected chi connectivity index (χ2v) is 9.93. The van der Waals surface area contributed by atoms with E-state index in [1.54, 1.807) is 0 Å². The Morgan fingerprint density at radius 3 is 1.72 bits per heavy atom. The fourth-order valence-electron chi connectivity index (χ4n) is 6.40. The molecule has 0 radical (unpaired) electrons. The van der Waals surface area contributed by atoms with Gasteiger partial charge in [-0.25, -0.2) is 0 Å². The first-order valence-electron chi connectivity index (χ1n) is 11.1. The maximum absolute atomic E-state index is 2.41. The van der Waals surface area contributed by atoms with Crippen molar-refractivity contribution in [3.05, 3.63) is 131 Å². The summed E-state index contributed by atoms with van der Waals surface area (Å²) in [4.78, 5) is 0. The molecule has 0 fully saturated rings. The lowest BCUT2D eigenvalue weighted by Crippen LogP contribution is -2.25. The largest absolute Gasteiger partial charge is 0.135 e. The molecule has 32 heavy (non-hydrogen) atoms. The van der Waals surface area contributed by atoms with Crippen LogP contribution in [0.2, 0.25) is 0 Å². The van der Waals surface area contributed by atoms with Crippen molar-refractivity contribution in [3.8, 4) is 22.3 Å². The fourth-order valence-corrected chi connectivity index (χ4v) is 7.51. The van der Waals surface area contributed by atoms with Gasteiger partial charge in [-0.3, -0.25) is 0 Å². The Morgan fingerprint density at radius 2 is 1.00 bits per heavy atom. The van der Waals surface area contributed by atoms with Gasteiger partial charge in [-0.05, 0) is 56.6 Å². The van der Waals surface area contributed by atoms with Crippen molar-refractivity contribution in [3.63, 3.8) is 0 Å². The molecule has 0 unspecified atom stereocenters. The zero-order chi connectivity index (χ0) is 20.9. The molecule has 1 spiro atoms. The standard InChI is InChI=1S/C31H18S/c1-5-13-23-19(9-1)20-10-2-6-14-24(20)31(23)25-15-7-3-11-21(25)29-26(31)17-18-28-30(29)22-12-4-8-16-27(22)32-28/h1-18H. The number of benzene rings is 5. The Hall–Kier alpha value is -3.68. The first-order chi connectivity index (χ1) is 15.9. The van der Waals surface area contributed by atoms with Crippen LogP contribution in [0.4, 0.5) is 0 Å². The van der Waals surface area contributed by atoms with E-state index >= 15 is 0 Å². The van der Waals surface area contributed by atoms with Gasteiger partial charge in [0, 0.05) is 20.2 Å². The fraction of sp³-hybridized carbons (Fsp3) is 0.0323. The van der Waals surface area contributed by atoms with Gasteiger partial charge < -0.3 is 0 Å². The molecule has 1 aromatic heterocycles. The normalized spacial score (nSPS) is 14.5. The molecule has 0 amide bonds. The molecule has 0 nitrogen and oxygen atoms in total. The van der Waals surface area contributed by atoms with Crippen molar-refractivity contribution in [1.82, 2.24) is 0 Å². The molecule has 5 aromatic carbocycles. The van der Waals surface area contributed by atoms with E-state index in [9.17, 15) is 0 Å². The quantitative estimate of drug-likeness (QED) is 0.230. The molecule has 8 rings (SSSR count). The van der Waals surface area contributed by atoms with E-state index in [0.717, 1.165) is 0 Å². The van der Waals surface area contributed by atoms with E-state index in [4.69, 9.17) is 0 Å². The predicted molar refractivity (Wildman–Crippen MR) is 136 cm³/mol. The molecule has 1 heterocycles. The molecule has 0 aliphatic heterocycles. The Bertz CT molecular complexity index is 1690. The minimum Gasteiger partial charge on any atom is -0.135 e. The summed E-state index contributed by atoms with van der Waals surface area (Å²) in [6.45, 7) is 0. The van der Waals surface area contributed by atoms with E-state index in [1.807, 2.05) is 11.3 Å². The van der Waals surface area contributed by atoms with Crippen LogP contribution in [0.3, 0.4) is 0 Å². The minimum atomic E-state index is -0.254. The van der Waals surface area contributed by atoms with E-state index in [1.165, 1.54) is 64.7 Å². The van der Waals surface area contributed by atoms with E-state index in [-0.39, 0.29) is 5.41 Å². The summed E-state index contributed by atoms with van der Waals surface area (Å²) in [5.41, 5.74) is 10.9. The van der Waals surface area contributed by atoms with E-state index < -0.39 is 0 Å². The Balaban J connectivity index is 1.65. The van der Waals surface area contributed by atoms with Gasteiger partial charge in [0.25, 0.3) is 0 Å². The smallest absolute Gasteiger partial charge is 0.0725 e. The van der Waals surface area contributed by atoms with Gasteiger partial charge in [0.05, 0.1) is 5.41 Å². The monoisotopic (exact) mass is 422 g/mol. The molecule has 6 aromatic rings. The highest BCUT2D eigenvalue weighted by atomic mass is 32.1. The van der Waals surface area contributed by atoms with Gasteiger partial charge in [-0.2, -0.15) is 0 Å². The van der Waals surface area contributed by atoms with Crippen LogP contribution in [0, 0.1) is 0 Å². The summed E-state index contributed by atoms with van der Waals surface area (Å²) in [7, 11) is 0. The second kappa shape index (κ2) is 5.76. The molecule has 0 bridgehead atoms. The zero-order valence-corrected chi connectivity index (χ0v) is 18.1. The summed E-state index contributed by atoms with van der Waals surface area (Å²) < 4.78 is 2.73. The lowest BCUT2D eigenvalue weighted by molar-refractivity contribution is 0.794. The number of hydrogen-bond donors (Lipinski definition) is 0. The Kier molecular flexibility index (Phi) is 3.05. The Morgan fingerprint density at radius 1 is 0.438 bits per heavy atom. The molecule has 0 saturated carbocycles. The third kappa shape index (κ3) is 1.78. The average molecular weight is 423 g/mol. The van der Waals surface area contributed by atoms with Crippen LogP contribution in [0.1, 0.15) is 22.3 Å². The molecular weight excluding hydrogens is 404 g/mol. The maximum atomic E-state index is 2.41. The Labute approximate surface area is 190 Å². The summed E-state index contributed by atoms with van der Waals surface area (Å²) in [5, 5.41) is 2.78. The van der Waals surface area contributed by atoms with Gasteiger partial charge in [-0.15, -0.1) is 11.3 Å². The summed E-state index contributed by atoms with van der Waals surface area (Å²) >= 11 is 1.90. The van der Waals surface area contributed by atoms with E-state index in [0.29, 0.717) is 0 Å². The van der Waals surface area contributed by atoms with Crippen molar-refractivity contribution >= 4 is 31.5 Å². The lowest BCUT2D eigenvalue weighted by Gasteiger charge is -2.30. The van der Waals surface area contributed by atoms with Crippen LogP contribution < -0.4 is 0 Å². The molecule has 2 aliphatic carbocycles. The minimum absolute atomic E-state index is 0.254. The van der Waals surface area contributed by atoms with Gasteiger partial charge in [0.1, 0.15) is 0 Å². The summed E-state index contributed by atoms with van der Waals surface area (Å²) in [6.07, 6.45) is 0. The van der Waals surface area contributed by atoms with E-state index in [2.05, 4.69) is 109 Å². The topological polar surface area (TPSA) is 0 Å². The molecular formula is C31H18S. The molecule has 0 atom stereocenters. The van der Waals surface area contributed by atoms with Gasteiger partial charge in [0.15, 0.2) is 0 Å². The predicted octanol–water partition coefficient (Wildman–Crippen LogP) is 8.40. The first kappa shape index (κ1) is 16.9. The molecule has 1 heteroatoms.